The largest absolute Gasteiger partial charge is 0.489 e. The van der Waals surface area contributed by atoms with E-state index in [0.717, 1.165) is 38.8 Å². The zero-order valence-corrected chi connectivity index (χ0v) is 16.1. The Morgan fingerprint density at radius 1 is 1.11 bits per heavy atom. The van der Waals surface area contributed by atoms with Gasteiger partial charge in [0.2, 0.25) is 0 Å². The van der Waals surface area contributed by atoms with Crippen molar-refractivity contribution in [2.24, 2.45) is 0 Å². The van der Waals surface area contributed by atoms with E-state index < -0.39 is 6.10 Å². The molecule has 0 spiro atoms. The zero-order valence-electron chi connectivity index (χ0n) is 16.1. The molecule has 3 atom stereocenters. The van der Waals surface area contributed by atoms with Crippen molar-refractivity contribution in [3.8, 4) is 5.75 Å². The van der Waals surface area contributed by atoms with Gasteiger partial charge < -0.3 is 14.6 Å². The van der Waals surface area contributed by atoms with E-state index >= 15 is 0 Å². The Kier molecular flexibility index (Phi) is 6.25. The summed E-state index contributed by atoms with van der Waals surface area (Å²) in [6, 6.07) is 14.6. The molecule has 4 nitrogen and oxygen atoms in total. The highest BCUT2D eigenvalue weighted by atomic mass is 19.1. The average molecular weight is 385 g/mol. The van der Waals surface area contributed by atoms with Gasteiger partial charge in [0.25, 0.3) is 0 Å². The Hall–Kier alpha value is -1.95. The summed E-state index contributed by atoms with van der Waals surface area (Å²) in [4.78, 5) is 2.21. The van der Waals surface area contributed by atoms with Gasteiger partial charge in [-0.05, 0) is 61.1 Å². The topological polar surface area (TPSA) is 41.9 Å². The highest BCUT2D eigenvalue weighted by molar-refractivity contribution is 5.31. The van der Waals surface area contributed by atoms with E-state index in [4.69, 9.17) is 9.47 Å². The molecule has 1 aliphatic heterocycles. The van der Waals surface area contributed by atoms with Gasteiger partial charge >= 0.3 is 0 Å². The maximum absolute atomic E-state index is 13.0. The van der Waals surface area contributed by atoms with Gasteiger partial charge in [0.15, 0.2) is 0 Å². The lowest BCUT2D eigenvalue weighted by Gasteiger charge is -2.27. The Labute approximate surface area is 165 Å². The minimum Gasteiger partial charge on any atom is -0.489 e. The summed E-state index contributed by atoms with van der Waals surface area (Å²) < 4.78 is 25.0. The van der Waals surface area contributed by atoms with Gasteiger partial charge in [-0.1, -0.05) is 24.3 Å². The van der Waals surface area contributed by atoms with Crippen molar-refractivity contribution in [2.45, 2.75) is 44.0 Å². The predicted octanol–water partition coefficient (Wildman–Crippen LogP) is 3.73. The number of fused-ring (bicyclic) bond motifs is 1. The maximum Gasteiger partial charge on any atom is 0.123 e. The SMILES string of the molecule is OC(CO[C@@H]1CCCc2ccccc21)CN1CC[C@@H](Oc2ccc(F)cc2)C1. The number of likely N-dealkylation sites (tertiary alicyclic amines) is 1. The summed E-state index contributed by atoms with van der Waals surface area (Å²) in [5.74, 6) is 0.428. The lowest BCUT2D eigenvalue weighted by molar-refractivity contribution is -0.0268. The van der Waals surface area contributed by atoms with Crippen molar-refractivity contribution in [1.82, 2.24) is 4.90 Å². The molecule has 28 heavy (non-hydrogen) atoms. The number of β-amino-alcohol motifs (C(OH)–C–C–N with tert-alkyl or cyclic N) is 1. The molecule has 1 N–H and O–H groups in total. The molecule has 4 rings (SSSR count). The maximum atomic E-state index is 13.0. The van der Waals surface area contributed by atoms with Crippen molar-refractivity contribution >= 4 is 0 Å². The molecular weight excluding hydrogens is 357 g/mol. The lowest BCUT2D eigenvalue weighted by Crippen LogP contribution is -2.35. The van der Waals surface area contributed by atoms with Gasteiger partial charge in [-0.25, -0.2) is 4.39 Å². The number of halogens is 1. The third-order valence-corrected chi connectivity index (χ3v) is 5.62. The third kappa shape index (κ3) is 4.90. The quantitative estimate of drug-likeness (QED) is 0.789. The molecular formula is C23H28FNO3. The number of aryl methyl sites for hydroxylation is 1. The molecule has 1 heterocycles. The first-order valence-corrected chi connectivity index (χ1v) is 10.2. The molecule has 0 aromatic heterocycles. The fraction of sp³-hybridized carbons (Fsp3) is 0.478. The van der Waals surface area contributed by atoms with Crippen LogP contribution in [0.4, 0.5) is 4.39 Å². The Balaban J connectivity index is 1.22. The van der Waals surface area contributed by atoms with Crippen LogP contribution in [0.15, 0.2) is 48.5 Å². The van der Waals surface area contributed by atoms with Crippen LogP contribution in [-0.4, -0.2) is 48.5 Å². The highest BCUT2D eigenvalue weighted by Gasteiger charge is 2.27. The van der Waals surface area contributed by atoms with Gasteiger partial charge in [-0.3, -0.25) is 4.90 Å². The molecule has 0 radical (unpaired) electrons. The first-order valence-electron chi connectivity index (χ1n) is 10.2. The minimum atomic E-state index is -0.515. The first-order chi connectivity index (χ1) is 13.7. The van der Waals surface area contributed by atoms with E-state index in [9.17, 15) is 9.50 Å². The molecule has 1 aliphatic carbocycles. The van der Waals surface area contributed by atoms with Crippen LogP contribution >= 0.6 is 0 Å². The fourth-order valence-electron chi connectivity index (χ4n) is 4.23. The van der Waals surface area contributed by atoms with Gasteiger partial charge in [0.05, 0.1) is 18.8 Å². The van der Waals surface area contributed by atoms with Gasteiger partial charge in [0, 0.05) is 19.6 Å². The standard InChI is InChI=1S/C23H28FNO3/c24-18-8-10-20(11-9-18)28-21-12-13-25(15-21)14-19(26)16-27-23-7-3-5-17-4-1-2-6-22(17)23/h1-2,4,6,8-11,19,21,23,26H,3,5,7,12-16H2/t19?,21-,23-/m1/s1. The zero-order chi connectivity index (χ0) is 19.3. The first kappa shape index (κ1) is 19.4. The van der Waals surface area contributed by atoms with Crippen LogP contribution in [0.3, 0.4) is 0 Å². The molecule has 2 aromatic carbocycles. The number of nitrogens with zero attached hydrogens (tertiary/aromatic N) is 1. The Morgan fingerprint density at radius 2 is 1.93 bits per heavy atom. The van der Waals surface area contributed by atoms with Crippen LogP contribution in [0, 0.1) is 5.82 Å². The number of ether oxygens (including phenoxy) is 2. The van der Waals surface area contributed by atoms with E-state index in [-0.39, 0.29) is 18.0 Å². The van der Waals surface area contributed by atoms with Crippen LogP contribution in [0.2, 0.25) is 0 Å². The summed E-state index contributed by atoms with van der Waals surface area (Å²) in [5.41, 5.74) is 2.64. The number of aliphatic hydroxyl groups excluding tert-OH is 1. The van der Waals surface area contributed by atoms with Gasteiger partial charge in [-0.2, -0.15) is 0 Å². The summed E-state index contributed by atoms with van der Waals surface area (Å²) in [6.45, 7) is 2.58. The average Bonchev–Trinajstić information content (AvgIpc) is 3.15. The van der Waals surface area contributed by atoms with E-state index in [2.05, 4.69) is 29.2 Å². The van der Waals surface area contributed by atoms with E-state index in [1.807, 2.05) is 0 Å². The fourth-order valence-corrected chi connectivity index (χ4v) is 4.23. The number of benzene rings is 2. The monoisotopic (exact) mass is 385 g/mol. The molecule has 0 saturated carbocycles. The van der Waals surface area contributed by atoms with Crippen LogP contribution in [0.25, 0.3) is 0 Å². The van der Waals surface area contributed by atoms with E-state index in [1.54, 1.807) is 12.1 Å². The van der Waals surface area contributed by atoms with Crippen LogP contribution in [0.5, 0.6) is 5.75 Å². The summed E-state index contributed by atoms with van der Waals surface area (Å²) >= 11 is 0. The van der Waals surface area contributed by atoms with Crippen molar-refractivity contribution in [3.05, 3.63) is 65.5 Å². The third-order valence-electron chi connectivity index (χ3n) is 5.62. The van der Waals surface area contributed by atoms with E-state index in [0.29, 0.717) is 18.9 Å². The smallest absolute Gasteiger partial charge is 0.123 e. The molecule has 1 unspecified atom stereocenters. The number of hydrogen-bond acceptors (Lipinski definition) is 4. The molecule has 2 aliphatic rings. The summed E-state index contributed by atoms with van der Waals surface area (Å²) in [7, 11) is 0. The number of aliphatic hydroxyl groups is 1. The van der Waals surface area contributed by atoms with Crippen LogP contribution < -0.4 is 4.74 Å². The van der Waals surface area contributed by atoms with Crippen molar-refractivity contribution in [1.29, 1.82) is 0 Å². The number of rotatable bonds is 7. The minimum absolute atomic E-state index is 0.0730. The second kappa shape index (κ2) is 9.03. The van der Waals surface area contributed by atoms with Crippen molar-refractivity contribution in [3.63, 3.8) is 0 Å². The number of hydrogen-bond donors (Lipinski definition) is 1. The normalized spacial score (nSPS) is 23.4. The van der Waals surface area contributed by atoms with Crippen molar-refractivity contribution in [2.75, 3.05) is 26.2 Å². The molecule has 5 heteroatoms. The molecule has 0 amide bonds. The van der Waals surface area contributed by atoms with Crippen LogP contribution in [-0.2, 0) is 11.2 Å². The van der Waals surface area contributed by atoms with Crippen molar-refractivity contribution < 1.29 is 19.0 Å². The molecule has 1 saturated heterocycles. The Bertz CT molecular complexity index is 767. The lowest BCUT2D eigenvalue weighted by atomic mass is 9.89. The molecule has 150 valence electrons. The molecule has 2 aromatic rings. The van der Waals surface area contributed by atoms with Gasteiger partial charge in [0.1, 0.15) is 17.7 Å². The molecule has 0 bridgehead atoms. The Morgan fingerprint density at radius 3 is 2.79 bits per heavy atom. The summed E-state index contributed by atoms with van der Waals surface area (Å²) in [5, 5.41) is 10.4. The predicted molar refractivity (Wildman–Crippen MR) is 106 cm³/mol. The second-order valence-electron chi connectivity index (χ2n) is 7.81. The van der Waals surface area contributed by atoms with E-state index in [1.165, 1.54) is 23.3 Å². The van der Waals surface area contributed by atoms with Gasteiger partial charge in [-0.15, -0.1) is 0 Å². The second-order valence-corrected chi connectivity index (χ2v) is 7.81. The van der Waals surface area contributed by atoms with Crippen LogP contribution in [0.1, 0.15) is 36.5 Å². The summed E-state index contributed by atoms with van der Waals surface area (Å²) in [6.07, 6.45) is 3.81. The molecule has 1 fully saturated rings. The highest BCUT2D eigenvalue weighted by Crippen LogP contribution is 2.32.